The smallest absolute Gasteiger partial charge is 0.254 e. The molecule has 1 atom stereocenters. The molecule has 0 fully saturated rings. The summed E-state index contributed by atoms with van der Waals surface area (Å²) >= 11 is 0. The Bertz CT molecular complexity index is 697. The van der Waals surface area contributed by atoms with Gasteiger partial charge in [-0.1, -0.05) is 0 Å². The third-order valence-electron chi connectivity index (χ3n) is 3.63. The van der Waals surface area contributed by atoms with Crippen LogP contribution in [-0.2, 0) is 13.0 Å². The maximum atomic E-state index is 13.2. The average Bonchev–Trinajstić information content (AvgIpc) is 3.03. The van der Waals surface area contributed by atoms with Gasteiger partial charge in [-0.2, -0.15) is 0 Å². The van der Waals surface area contributed by atoms with E-state index in [0.717, 1.165) is 31.3 Å². The van der Waals surface area contributed by atoms with E-state index < -0.39 is 11.7 Å². The number of hydrogen-bond acceptors (Lipinski definition) is 4. The number of amides is 1. The molecule has 21 heavy (non-hydrogen) atoms. The van der Waals surface area contributed by atoms with Crippen LogP contribution in [0.2, 0.25) is 0 Å². The number of carbonyl (C=O) groups excluding carboxylic acids is 1. The van der Waals surface area contributed by atoms with Crippen LogP contribution in [0, 0.1) is 5.82 Å². The molecule has 110 valence electrons. The number of nitrogens with one attached hydrogen (secondary N) is 1. The molecule has 1 aromatic carbocycles. The van der Waals surface area contributed by atoms with Crippen molar-refractivity contribution < 1.29 is 9.18 Å². The second kappa shape index (κ2) is 5.16. The zero-order chi connectivity index (χ0) is 15.0. The summed E-state index contributed by atoms with van der Waals surface area (Å²) < 4.78 is 15.2. The molecule has 0 spiro atoms. The number of aromatic nitrogens is 3. The number of nitrogens with zero attached hydrogens (tertiary/aromatic N) is 3. The molecule has 1 aliphatic rings. The number of nitrogen functional groups attached to an aromatic ring is 1. The maximum Gasteiger partial charge on any atom is 0.254 e. The minimum atomic E-state index is -0.495. The first kappa shape index (κ1) is 13.5. The number of anilines is 1. The summed E-state index contributed by atoms with van der Waals surface area (Å²) in [6, 6.07) is 3.41. The Balaban J connectivity index is 1.79. The van der Waals surface area contributed by atoms with E-state index in [9.17, 15) is 9.18 Å². The quantitative estimate of drug-likeness (QED) is 0.837. The molecule has 0 saturated heterocycles. The molecule has 0 saturated carbocycles. The fourth-order valence-corrected chi connectivity index (χ4v) is 2.56. The van der Waals surface area contributed by atoms with Gasteiger partial charge in [0.05, 0.1) is 11.6 Å². The van der Waals surface area contributed by atoms with Gasteiger partial charge in [0.15, 0.2) is 5.82 Å². The van der Waals surface area contributed by atoms with Crippen molar-refractivity contribution in [1.82, 2.24) is 20.1 Å². The first-order valence-electron chi connectivity index (χ1n) is 6.84. The van der Waals surface area contributed by atoms with Crippen LogP contribution in [0.15, 0.2) is 18.2 Å². The van der Waals surface area contributed by atoms with E-state index in [1.54, 1.807) is 0 Å². The zero-order valence-corrected chi connectivity index (χ0v) is 11.6. The fourth-order valence-electron chi connectivity index (χ4n) is 2.56. The van der Waals surface area contributed by atoms with Crippen molar-refractivity contribution in [3.63, 3.8) is 0 Å². The molecule has 1 amide bonds. The van der Waals surface area contributed by atoms with Crippen LogP contribution < -0.4 is 11.1 Å². The van der Waals surface area contributed by atoms with Crippen LogP contribution >= 0.6 is 0 Å². The van der Waals surface area contributed by atoms with E-state index in [1.165, 1.54) is 12.1 Å². The Morgan fingerprint density at radius 1 is 1.48 bits per heavy atom. The van der Waals surface area contributed by atoms with Gasteiger partial charge in [-0.25, -0.2) is 4.39 Å². The molecule has 0 radical (unpaired) electrons. The van der Waals surface area contributed by atoms with Crippen molar-refractivity contribution in [1.29, 1.82) is 0 Å². The summed E-state index contributed by atoms with van der Waals surface area (Å²) in [4.78, 5) is 12.2. The fraction of sp³-hybridized carbons (Fsp3) is 0.357. The summed E-state index contributed by atoms with van der Waals surface area (Å²) in [6.07, 6.45) is 1.94. The minimum Gasteiger partial charge on any atom is -0.398 e. The molecule has 0 aliphatic carbocycles. The van der Waals surface area contributed by atoms with Crippen LogP contribution in [0.5, 0.6) is 0 Å². The summed E-state index contributed by atoms with van der Waals surface area (Å²) in [7, 11) is 0. The van der Waals surface area contributed by atoms with Gasteiger partial charge >= 0.3 is 0 Å². The number of fused-ring (bicyclic) bond motifs is 1. The Morgan fingerprint density at radius 2 is 2.29 bits per heavy atom. The van der Waals surface area contributed by atoms with E-state index in [-0.39, 0.29) is 17.3 Å². The van der Waals surface area contributed by atoms with Crippen LogP contribution in [0.1, 0.15) is 41.4 Å². The molecule has 3 N–H and O–H groups in total. The Labute approximate surface area is 121 Å². The lowest BCUT2D eigenvalue weighted by atomic mass is 10.1. The lowest BCUT2D eigenvalue weighted by Crippen LogP contribution is -2.29. The SMILES string of the molecule is CC(NC(=O)c1cc(F)ccc1N)c1nnc2n1CCC2. The molecule has 7 heteroatoms. The lowest BCUT2D eigenvalue weighted by Gasteiger charge is -2.14. The standard InChI is InChI=1S/C14H16FN5O/c1-8(13-19-18-12-3-2-6-20(12)13)17-14(21)10-7-9(15)4-5-11(10)16/h4-5,7-8H,2-3,6,16H2,1H3,(H,17,21). The highest BCUT2D eigenvalue weighted by atomic mass is 19.1. The highest BCUT2D eigenvalue weighted by Gasteiger charge is 2.23. The largest absolute Gasteiger partial charge is 0.398 e. The maximum absolute atomic E-state index is 13.2. The number of rotatable bonds is 3. The van der Waals surface area contributed by atoms with Gasteiger partial charge in [-0.3, -0.25) is 4.79 Å². The number of benzene rings is 1. The van der Waals surface area contributed by atoms with Crippen molar-refractivity contribution in [2.24, 2.45) is 0 Å². The summed E-state index contributed by atoms with van der Waals surface area (Å²) in [5, 5.41) is 11.0. The first-order chi connectivity index (χ1) is 10.1. The van der Waals surface area contributed by atoms with Crippen LogP contribution in [0.3, 0.4) is 0 Å². The third-order valence-corrected chi connectivity index (χ3v) is 3.63. The third kappa shape index (κ3) is 2.46. The first-order valence-corrected chi connectivity index (χ1v) is 6.84. The number of nitrogens with two attached hydrogens (primary N) is 1. The van der Waals surface area contributed by atoms with Crippen molar-refractivity contribution >= 4 is 11.6 Å². The molecular weight excluding hydrogens is 273 g/mol. The Hall–Kier alpha value is -2.44. The van der Waals surface area contributed by atoms with Gasteiger partial charge < -0.3 is 15.6 Å². The predicted molar refractivity (Wildman–Crippen MR) is 75.0 cm³/mol. The number of aryl methyl sites for hydroxylation is 1. The summed E-state index contributed by atoms with van der Waals surface area (Å²) in [5.74, 6) is 0.738. The molecule has 6 nitrogen and oxygen atoms in total. The normalized spacial score (nSPS) is 14.8. The molecule has 1 unspecified atom stereocenters. The van der Waals surface area contributed by atoms with E-state index in [2.05, 4.69) is 15.5 Å². The molecule has 1 aliphatic heterocycles. The molecule has 1 aromatic heterocycles. The van der Waals surface area contributed by atoms with Gasteiger partial charge in [0.2, 0.25) is 0 Å². The minimum absolute atomic E-state index is 0.128. The van der Waals surface area contributed by atoms with Crippen LogP contribution in [0.4, 0.5) is 10.1 Å². The summed E-state index contributed by atoms with van der Waals surface area (Å²) in [5.41, 5.74) is 6.09. The highest BCUT2D eigenvalue weighted by Crippen LogP contribution is 2.20. The highest BCUT2D eigenvalue weighted by molar-refractivity contribution is 5.99. The van der Waals surface area contributed by atoms with E-state index >= 15 is 0 Å². The second-order valence-electron chi connectivity index (χ2n) is 5.16. The van der Waals surface area contributed by atoms with Gasteiger partial charge in [-0.15, -0.1) is 10.2 Å². The molecular formula is C14H16FN5O. The monoisotopic (exact) mass is 289 g/mol. The zero-order valence-electron chi connectivity index (χ0n) is 11.6. The molecule has 3 rings (SSSR count). The van der Waals surface area contributed by atoms with Crippen LogP contribution in [0.25, 0.3) is 0 Å². The lowest BCUT2D eigenvalue weighted by molar-refractivity contribution is 0.0938. The Kier molecular flexibility index (Phi) is 3.32. The van der Waals surface area contributed by atoms with Crippen molar-refractivity contribution in [2.45, 2.75) is 32.4 Å². The van der Waals surface area contributed by atoms with Crippen molar-refractivity contribution in [3.8, 4) is 0 Å². The van der Waals surface area contributed by atoms with E-state index in [4.69, 9.17) is 5.73 Å². The molecule has 2 aromatic rings. The molecule has 2 heterocycles. The van der Waals surface area contributed by atoms with Crippen LogP contribution in [-0.4, -0.2) is 20.7 Å². The Morgan fingerprint density at radius 3 is 3.10 bits per heavy atom. The topological polar surface area (TPSA) is 85.8 Å². The van der Waals surface area contributed by atoms with Crippen molar-refractivity contribution in [2.75, 3.05) is 5.73 Å². The number of hydrogen-bond donors (Lipinski definition) is 2. The second-order valence-corrected chi connectivity index (χ2v) is 5.16. The van der Waals surface area contributed by atoms with Gasteiger partial charge in [0.25, 0.3) is 5.91 Å². The predicted octanol–water partition coefficient (Wildman–Crippen LogP) is 1.44. The number of halogens is 1. The summed E-state index contributed by atoms with van der Waals surface area (Å²) in [6.45, 7) is 2.68. The van der Waals surface area contributed by atoms with Gasteiger partial charge in [0, 0.05) is 18.7 Å². The van der Waals surface area contributed by atoms with E-state index in [0.29, 0.717) is 5.82 Å². The average molecular weight is 289 g/mol. The molecule has 0 bridgehead atoms. The van der Waals surface area contributed by atoms with Gasteiger partial charge in [-0.05, 0) is 31.5 Å². The van der Waals surface area contributed by atoms with E-state index in [1.807, 2.05) is 11.5 Å². The number of carbonyl (C=O) groups is 1. The van der Waals surface area contributed by atoms with Crippen molar-refractivity contribution in [3.05, 3.63) is 41.2 Å². The van der Waals surface area contributed by atoms with Gasteiger partial charge in [0.1, 0.15) is 11.6 Å².